The highest BCUT2D eigenvalue weighted by Gasteiger charge is 2.36. The SMILES string of the molecule is O=[N+]([O-])c1cccc(CN2CCC3(CCCC3)CC2)c1Br. The van der Waals surface area contributed by atoms with Crippen molar-refractivity contribution in [3.05, 3.63) is 38.3 Å². The van der Waals surface area contributed by atoms with Crippen molar-refractivity contribution < 1.29 is 4.92 Å². The van der Waals surface area contributed by atoms with Crippen molar-refractivity contribution in [2.24, 2.45) is 5.41 Å². The summed E-state index contributed by atoms with van der Waals surface area (Å²) in [5, 5.41) is 11.0. The number of rotatable bonds is 3. The minimum Gasteiger partial charge on any atom is -0.299 e. The highest BCUT2D eigenvalue weighted by molar-refractivity contribution is 9.10. The summed E-state index contributed by atoms with van der Waals surface area (Å²) in [6, 6.07) is 5.31. The second-order valence-electron chi connectivity index (χ2n) is 6.49. The summed E-state index contributed by atoms with van der Waals surface area (Å²) in [5.41, 5.74) is 1.81. The van der Waals surface area contributed by atoms with Crippen LogP contribution in [0.1, 0.15) is 44.1 Å². The van der Waals surface area contributed by atoms with Gasteiger partial charge in [0, 0.05) is 12.6 Å². The molecule has 1 aliphatic carbocycles. The van der Waals surface area contributed by atoms with Crippen LogP contribution >= 0.6 is 15.9 Å². The summed E-state index contributed by atoms with van der Waals surface area (Å²) < 4.78 is 0.635. The van der Waals surface area contributed by atoms with E-state index in [0.29, 0.717) is 9.89 Å². The third-order valence-corrected chi connectivity index (χ3v) is 6.15. The van der Waals surface area contributed by atoms with Gasteiger partial charge in [-0.3, -0.25) is 15.0 Å². The molecule has 21 heavy (non-hydrogen) atoms. The van der Waals surface area contributed by atoms with Crippen molar-refractivity contribution in [2.45, 2.75) is 45.1 Å². The van der Waals surface area contributed by atoms with Gasteiger partial charge >= 0.3 is 0 Å². The number of nitrogens with zero attached hydrogens (tertiary/aromatic N) is 2. The zero-order chi connectivity index (χ0) is 14.9. The van der Waals surface area contributed by atoms with Gasteiger partial charge in [-0.25, -0.2) is 0 Å². The fourth-order valence-corrected chi connectivity index (χ4v) is 4.42. The van der Waals surface area contributed by atoms with Gasteiger partial charge in [0.2, 0.25) is 0 Å². The van der Waals surface area contributed by atoms with Crippen LogP contribution in [0.4, 0.5) is 5.69 Å². The largest absolute Gasteiger partial charge is 0.299 e. The van der Waals surface area contributed by atoms with Crippen molar-refractivity contribution in [1.82, 2.24) is 4.90 Å². The smallest absolute Gasteiger partial charge is 0.283 e. The minimum absolute atomic E-state index is 0.164. The molecule has 114 valence electrons. The summed E-state index contributed by atoms with van der Waals surface area (Å²) in [5.74, 6) is 0. The fraction of sp³-hybridized carbons (Fsp3) is 0.625. The predicted octanol–water partition coefficient (Wildman–Crippen LogP) is 4.51. The van der Waals surface area contributed by atoms with Crippen molar-refractivity contribution >= 4 is 21.6 Å². The van der Waals surface area contributed by atoms with Crippen molar-refractivity contribution in [3.8, 4) is 0 Å². The van der Waals surface area contributed by atoms with Crippen molar-refractivity contribution in [2.75, 3.05) is 13.1 Å². The third kappa shape index (κ3) is 3.14. The van der Waals surface area contributed by atoms with Crippen LogP contribution in [0.15, 0.2) is 22.7 Å². The molecule has 2 aliphatic rings. The summed E-state index contributed by atoms with van der Waals surface area (Å²) in [4.78, 5) is 13.1. The summed E-state index contributed by atoms with van der Waals surface area (Å²) in [6.07, 6.45) is 8.19. The van der Waals surface area contributed by atoms with Crippen LogP contribution in [0.2, 0.25) is 0 Å². The first-order valence-electron chi connectivity index (χ1n) is 7.74. The third-order valence-electron chi connectivity index (χ3n) is 5.23. The molecule has 0 aromatic heterocycles. The number of nitro benzene ring substituents is 1. The standard InChI is InChI=1S/C16H21BrN2O2/c17-15-13(4-3-5-14(15)19(20)21)12-18-10-8-16(9-11-18)6-1-2-7-16/h3-5H,1-2,6-12H2. The topological polar surface area (TPSA) is 46.4 Å². The van der Waals surface area contributed by atoms with E-state index in [1.54, 1.807) is 12.1 Å². The highest BCUT2D eigenvalue weighted by atomic mass is 79.9. The molecule has 5 heteroatoms. The Balaban J connectivity index is 1.65. The van der Waals surface area contributed by atoms with Crippen LogP contribution in [0.25, 0.3) is 0 Å². The first kappa shape index (κ1) is 15.0. The Morgan fingerprint density at radius 3 is 2.48 bits per heavy atom. The quantitative estimate of drug-likeness (QED) is 0.593. The lowest BCUT2D eigenvalue weighted by Crippen LogP contribution is -2.38. The molecule has 1 aliphatic heterocycles. The average molecular weight is 353 g/mol. The number of likely N-dealkylation sites (tertiary alicyclic amines) is 1. The molecule has 0 unspecified atom stereocenters. The molecule has 1 spiro atoms. The van der Waals surface area contributed by atoms with Crippen LogP contribution in [0.5, 0.6) is 0 Å². The molecule has 3 rings (SSSR count). The Bertz CT molecular complexity index is 531. The van der Waals surface area contributed by atoms with Crippen LogP contribution in [-0.2, 0) is 6.54 Å². The zero-order valence-corrected chi connectivity index (χ0v) is 13.8. The minimum atomic E-state index is -0.322. The number of hydrogen-bond acceptors (Lipinski definition) is 3. The average Bonchev–Trinajstić information content (AvgIpc) is 2.92. The van der Waals surface area contributed by atoms with E-state index < -0.39 is 0 Å². The molecule has 1 saturated carbocycles. The maximum Gasteiger partial charge on any atom is 0.283 e. The Morgan fingerprint density at radius 1 is 1.19 bits per heavy atom. The molecule has 1 saturated heterocycles. The Hall–Kier alpha value is -0.940. The van der Waals surface area contributed by atoms with Gasteiger partial charge in [0.25, 0.3) is 5.69 Å². The number of hydrogen-bond donors (Lipinski definition) is 0. The maximum absolute atomic E-state index is 11.0. The molecule has 0 radical (unpaired) electrons. The number of nitro groups is 1. The second kappa shape index (κ2) is 6.05. The molecule has 2 fully saturated rings. The lowest BCUT2D eigenvalue weighted by Gasteiger charge is -2.39. The van der Waals surface area contributed by atoms with E-state index in [1.807, 2.05) is 6.07 Å². The van der Waals surface area contributed by atoms with Crippen molar-refractivity contribution in [3.63, 3.8) is 0 Å². The first-order chi connectivity index (χ1) is 10.1. The number of benzene rings is 1. The predicted molar refractivity (Wildman–Crippen MR) is 86.2 cm³/mol. The molecule has 1 aromatic carbocycles. The van der Waals surface area contributed by atoms with Crippen LogP contribution < -0.4 is 0 Å². The van der Waals surface area contributed by atoms with E-state index in [4.69, 9.17) is 0 Å². The molecular formula is C16H21BrN2O2. The molecule has 4 nitrogen and oxygen atoms in total. The molecule has 0 bridgehead atoms. The monoisotopic (exact) mass is 352 g/mol. The van der Waals surface area contributed by atoms with E-state index in [1.165, 1.54) is 38.5 Å². The lowest BCUT2D eigenvalue weighted by atomic mass is 9.77. The van der Waals surface area contributed by atoms with E-state index in [-0.39, 0.29) is 10.6 Å². The number of halogens is 1. The summed E-state index contributed by atoms with van der Waals surface area (Å²) in [6.45, 7) is 3.04. The highest BCUT2D eigenvalue weighted by Crippen LogP contribution is 2.46. The normalized spacial score (nSPS) is 21.8. The van der Waals surface area contributed by atoms with Crippen molar-refractivity contribution in [1.29, 1.82) is 0 Å². The molecular weight excluding hydrogens is 332 g/mol. The Kier molecular flexibility index (Phi) is 4.31. The van der Waals surface area contributed by atoms with Gasteiger partial charge in [0.1, 0.15) is 0 Å². The number of piperidine rings is 1. The fourth-order valence-electron chi connectivity index (χ4n) is 3.88. The van der Waals surface area contributed by atoms with Crippen LogP contribution in [0, 0.1) is 15.5 Å². The van der Waals surface area contributed by atoms with E-state index in [9.17, 15) is 10.1 Å². The molecule has 0 amide bonds. The van der Waals surface area contributed by atoms with Gasteiger partial charge in [-0.1, -0.05) is 25.0 Å². The molecule has 0 N–H and O–H groups in total. The van der Waals surface area contributed by atoms with Gasteiger partial charge in [0.05, 0.1) is 9.40 Å². The van der Waals surface area contributed by atoms with E-state index in [0.717, 1.165) is 25.2 Å². The summed E-state index contributed by atoms with van der Waals surface area (Å²) in [7, 11) is 0. The summed E-state index contributed by atoms with van der Waals surface area (Å²) >= 11 is 3.40. The van der Waals surface area contributed by atoms with Crippen LogP contribution in [-0.4, -0.2) is 22.9 Å². The Morgan fingerprint density at radius 2 is 1.86 bits per heavy atom. The zero-order valence-electron chi connectivity index (χ0n) is 12.2. The molecule has 0 atom stereocenters. The molecule has 1 aromatic rings. The maximum atomic E-state index is 11.0. The van der Waals surface area contributed by atoms with Crippen LogP contribution in [0.3, 0.4) is 0 Å². The van der Waals surface area contributed by atoms with Gasteiger partial charge in [-0.05, 0) is 65.7 Å². The lowest BCUT2D eigenvalue weighted by molar-refractivity contribution is -0.385. The first-order valence-corrected chi connectivity index (χ1v) is 8.53. The van der Waals surface area contributed by atoms with Gasteiger partial charge in [-0.2, -0.15) is 0 Å². The molecule has 1 heterocycles. The van der Waals surface area contributed by atoms with Gasteiger partial charge < -0.3 is 0 Å². The Labute approximate surface area is 133 Å². The van der Waals surface area contributed by atoms with Gasteiger partial charge in [-0.15, -0.1) is 0 Å². The van der Waals surface area contributed by atoms with E-state index >= 15 is 0 Å². The van der Waals surface area contributed by atoms with Gasteiger partial charge in [0.15, 0.2) is 0 Å². The second-order valence-corrected chi connectivity index (χ2v) is 7.28. The van der Waals surface area contributed by atoms with E-state index in [2.05, 4.69) is 20.8 Å².